The highest BCUT2D eigenvalue weighted by Gasteiger charge is 2.33. The molecule has 10 heteroatoms. The van der Waals surface area contributed by atoms with Gasteiger partial charge in [-0.2, -0.15) is 0 Å². The van der Waals surface area contributed by atoms with E-state index in [1.807, 2.05) is 0 Å². The van der Waals surface area contributed by atoms with Gasteiger partial charge in [0, 0.05) is 12.1 Å². The van der Waals surface area contributed by atoms with Gasteiger partial charge in [-0.3, -0.25) is 9.10 Å². The first-order chi connectivity index (χ1) is 13.6. The van der Waals surface area contributed by atoms with Gasteiger partial charge in [0.15, 0.2) is 6.61 Å². The van der Waals surface area contributed by atoms with Crippen molar-refractivity contribution in [2.24, 2.45) is 0 Å². The standard InChI is InChI=1S/C19H18F2N2O5S/c1-11-7-13-8-12(3-6-17(13)23(11)29(2,26)27)19(25)28-10-18(24)22-16-9-14(20)4-5-15(16)21/h3-6,8-9,11H,7,10H2,1-2H3,(H,22,24). The maximum Gasteiger partial charge on any atom is 0.338 e. The van der Waals surface area contributed by atoms with Gasteiger partial charge in [-0.25, -0.2) is 22.0 Å². The highest BCUT2D eigenvalue weighted by atomic mass is 32.2. The van der Waals surface area contributed by atoms with Crippen molar-refractivity contribution in [2.45, 2.75) is 19.4 Å². The number of fused-ring (bicyclic) bond motifs is 1. The predicted molar refractivity (Wildman–Crippen MR) is 102 cm³/mol. The van der Waals surface area contributed by atoms with Crippen molar-refractivity contribution in [1.82, 2.24) is 0 Å². The van der Waals surface area contributed by atoms with E-state index in [1.54, 1.807) is 6.92 Å². The Morgan fingerprint density at radius 1 is 1.21 bits per heavy atom. The molecule has 1 atom stereocenters. The van der Waals surface area contributed by atoms with Crippen molar-refractivity contribution in [3.63, 3.8) is 0 Å². The minimum absolute atomic E-state index is 0.149. The molecule has 0 spiro atoms. The fourth-order valence-corrected chi connectivity index (χ4v) is 4.49. The summed E-state index contributed by atoms with van der Waals surface area (Å²) in [6.45, 7) is 1.06. The summed E-state index contributed by atoms with van der Waals surface area (Å²) < 4.78 is 56.7. The topological polar surface area (TPSA) is 92.8 Å². The molecule has 1 amide bonds. The molecule has 1 unspecified atom stereocenters. The average Bonchev–Trinajstić information content (AvgIpc) is 2.97. The van der Waals surface area contributed by atoms with E-state index in [1.165, 1.54) is 22.5 Å². The average molecular weight is 424 g/mol. The second-order valence-electron chi connectivity index (χ2n) is 6.70. The lowest BCUT2D eigenvalue weighted by Gasteiger charge is -2.21. The Balaban J connectivity index is 1.66. The van der Waals surface area contributed by atoms with Crippen molar-refractivity contribution >= 4 is 33.3 Å². The van der Waals surface area contributed by atoms with E-state index < -0.39 is 40.1 Å². The molecule has 0 aromatic heterocycles. The summed E-state index contributed by atoms with van der Waals surface area (Å²) >= 11 is 0. The largest absolute Gasteiger partial charge is 0.452 e. The number of carbonyl (C=O) groups is 2. The number of nitrogens with zero attached hydrogens (tertiary/aromatic N) is 1. The van der Waals surface area contributed by atoms with Gasteiger partial charge in [0.05, 0.1) is 23.2 Å². The Kier molecular flexibility index (Phi) is 5.56. The van der Waals surface area contributed by atoms with E-state index >= 15 is 0 Å². The number of carbonyl (C=O) groups excluding carboxylic acids is 2. The number of halogens is 2. The van der Waals surface area contributed by atoms with Crippen LogP contribution in [-0.2, 0) is 26.0 Å². The molecule has 1 N–H and O–H groups in total. The zero-order valence-corrected chi connectivity index (χ0v) is 16.4. The van der Waals surface area contributed by atoms with Crippen molar-refractivity contribution in [1.29, 1.82) is 0 Å². The SMILES string of the molecule is CC1Cc2cc(C(=O)OCC(=O)Nc3cc(F)ccc3F)ccc2N1S(C)(=O)=O. The molecule has 0 saturated heterocycles. The van der Waals surface area contributed by atoms with E-state index in [9.17, 15) is 26.8 Å². The summed E-state index contributed by atoms with van der Waals surface area (Å²) in [5, 5.41) is 2.12. The van der Waals surface area contributed by atoms with Crippen molar-refractivity contribution in [2.75, 3.05) is 22.5 Å². The van der Waals surface area contributed by atoms with Crippen LogP contribution in [0, 0.1) is 11.6 Å². The zero-order chi connectivity index (χ0) is 21.3. The number of benzene rings is 2. The number of ether oxygens (including phenoxy) is 1. The molecule has 3 rings (SSSR count). The van der Waals surface area contributed by atoms with E-state index in [4.69, 9.17) is 4.74 Å². The smallest absolute Gasteiger partial charge is 0.338 e. The number of esters is 1. The van der Waals surface area contributed by atoms with Crippen LogP contribution >= 0.6 is 0 Å². The molecule has 2 aromatic rings. The van der Waals surface area contributed by atoms with Crippen LogP contribution in [0.3, 0.4) is 0 Å². The highest BCUT2D eigenvalue weighted by Crippen LogP contribution is 2.34. The fraction of sp³-hybridized carbons (Fsp3) is 0.263. The molecule has 29 heavy (non-hydrogen) atoms. The molecule has 0 fully saturated rings. The molecule has 0 radical (unpaired) electrons. The first-order valence-electron chi connectivity index (χ1n) is 8.60. The Bertz CT molecular complexity index is 1090. The summed E-state index contributed by atoms with van der Waals surface area (Å²) in [5.41, 5.74) is 0.953. The van der Waals surface area contributed by atoms with Gasteiger partial charge in [0.2, 0.25) is 10.0 Å². The molecular formula is C19H18F2N2O5S. The normalized spacial score (nSPS) is 15.7. The first-order valence-corrected chi connectivity index (χ1v) is 10.5. The third-order valence-electron chi connectivity index (χ3n) is 4.36. The molecule has 0 saturated carbocycles. The van der Waals surface area contributed by atoms with E-state index in [0.29, 0.717) is 17.7 Å². The lowest BCUT2D eigenvalue weighted by Crippen LogP contribution is -2.34. The fourth-order valence-electron chi connectivity index (χ4n) is 3.23. The summed E-state index contributed by atoms with van der Waals surface area (Å²) in [4.78, 5) is 24.1. The van der Waals surface area contributed by atoms with Gasteiger partial charge in [-0.15, -0.1) is 0 Å². The molecule has 2 aromatic carbocycles. The number of rotatable bonds is 5. The van der Waals surface area contributed by atoms with Crippen molar-refractivity contribution in [3.05, 3.63) is 59.2 Å². The lowest BCUT2D eigenvalue weighted by atomic mass is 10.1. The van der Waals surface area contributed by atoms with Crippen LogP contribution in [0.5, 0.6) is 0 Å². The first kappa shape index (κ1) is 20.7. The maximum atomic E-state index is 13.5. The Hall–Kier alpha value is -3.01. The molecule has 154 valence electrons. The van der Waals surface area contributed by atoms with Crippen LogP contribution in [0.4, 0.5) is 20.2 Å². The number of hydrogen-bond acceptors (Lipinski definition) is 5. The van der Waals surface area contributed by atoms with Gasteiger partial charge in [0.25, 0.3) is 5.91 Å². The number of hydrogen-bond donors (Lipinski definition) is 1. The number of nitrogens with one attached hydrogen (secondary N) is 1. The third-order valence-corrected chi connectivity index (χ3v) is 5.63. The highest BCUT2D eigenvalue weighted by molar-refractivity contribution is 7.92. The Labute approximate surface area is 166 Å². The summed E-state index contributed by atoms with van der Waals surface area (Å²) in [7, 11) is -3.45. The quantitative estimate of drug-likeness (QED) is 0.745. The monoisotopic (exact) mass is 424 g/mol. The number of amides is 1. The van der Waals surface area contributed by atoms with Crippen LogP contribution in [-0.4, -0.2) is 39.2 Å². The molecular weight excluding hydrogens is 406 g/mol. The molecule has 1 aliphatic heterocycles. The van der Waals surface area contributed by atoms with Gasteiger partial charge in [-0.05, 0) is 49.2 Å². The maximum absolute atomic E-state index is 13.5. The second-order valence-corrected chi connectivity index (χ2v) is 8.56. The van der Waals surface area contributed by atoms with Gasteiger partial charge < -0.3 is 10.1 Å². The van der Waals surface area contributed by atoms with Gasteiger partial charge in [0.1, 0.15) is 11.6 Å². The molecule has 1 aliphatic rings. The predicted octanol–water partition coefficient (Wildman–Crippen LogP) is 2.47. The minimum Gasteiger partial charge on any atom is -0.452 e. The van der Waals surface area contributed by atoms with Crippen LogP contribution in [0.15, 0.2) is 36.4 Å². The number of sulfonamides is 1. The van der Waals surface area contributed by atoms with Gasteiger partial charge >= 0.3 is 5.97 Å². The second kappa shape index (κ2) is 7.78. The van der Waals surface area contributed by atoms with E-state index in [-0.39, 0.29) is 17.3 Å². The van der Waals surface area contributed by atoms with Crippen LogP contribution in [0.2, 0.25) is 0 Å². The summed E-state index contributed by atoms with van der Waals surface area (Å²) in [5.74, 6) is -3.18. The van der Waals surface area contributed by atoms with Crippen molar-refractivity contribution < 1.29 is 31.5 Å². The van der Waals surface area contributed by atoms with Crippen LogP contribution in [0.1, 0.15) is 22.8 Å². The van der Waals surface area contributed by atoms with Crippen molar-refractivity contribution in [3.8, 4) is 0 Å². The molecule has 0 bridgehead atoms. The van der Waals surface area contributed by atoms with E-state index in [0.717, 1.165) is 24.5 Å². The zero-order valence-electron chi connectivity index (χ0n) is 15.6. The molecule has 0 aliphatic carbocycles. The molecule has 7 nitrogen and oxygen atoms in total. The summed E-state index contributed by atoms with van der Waals surface area (Å²) in [6, 6.07) is 6.74. The summed E-state index contributed by atoms with van der Waals surface area (Å²) in [6.07, 6.45) is 1.55. The lowest BCUT2D eigenvalue weighted by molar-refractivity contribution is -0.119. The number of anilines is 2. The Morgan fingerprint density at radius 3 is 2.62 bits per heavy atom. The molecule has 1 heterocycles. The van der Waals surface area contributed by atoms with Crippen LogP contribution < -0.4 is 9.62 Å². The Morgan fingerprint density at radius 2 is 1.93 bits per heavy atom. The van der Waals surface area contributed by atoms with Crippen LogP contribution in [0.25, 0.3) is 0 Å². The van der Waals surface area contributed by atoms with E-state index in [2.05, 4.69) is 5.32 Å². The minimum atomic E-state index is -3.45. The van der Waals surface area contributed by atoms with Gasteiger partial charge in [-0.1, -0.05) is 0 Å². The third kappa shape index (κ3) is 4.53.